The molecule has 1 aliphatic rings. The quantitative estimate of drug-likeness (QED) is 0.400. The molecule has 0 aromatic heterocycles. The molecule has 0 bridgehead atoms. The normalized spacial score (nSPS) is 18.4. The van der Waals surface area contributed by atoms with Crippen molar-refractivity contribution < 1.29 is 22.7 Å². The minimum absolute atomic E-state index is 0.0464. The average Bonchev–Trinajstić information content (AvgIpc) is 3.02. The van der Waals surface area contributed by atoms with Gasteiger partial charge in [-0.25, -0.2) is 8.42 Å². The highest BCUT2D eigenvalue weighted by atomic mass is 32.3. The van der Waals surface area contributed by atoms with Crippen molar-refractivity contribution in [3.05, 3.63) is 54.1 Å². The van der Waals surface area contributed by atoms with E-state index in [1.54, 1.807) is 18.2 Å². The molecule has 1 saturated heterocycles. The predicted octanol–water partition coefficient (Wildman–Crippen LogP) is 2.95. The maximum atomic E-state index is 13.3. The van der Waals surface area contributed by atoms with E-state index >= 15 is 0 Å². The number of carbonyl (C=O) groups excluding carboxylic acids is 2. The average molecular weight is 445 g/mol. The zero-order valence-corrected chi connectivity index (χ0v) is 17.8. The fourth-order valence-corrected chi connectivity index (χ4v) is 6.39. The number of nitrogens with two attached hydrogens (primary N) is 1. The van der Waals surface area contributed by atoms with Crippen molar-refractivity contribution in [3.8, 4) is 17.6 Å². The summed E-state index contributed by atoms with van der Waals surface area (Å²) in [6.07, 6.45) is 0.629. The Morgan fingerprint density at radius 3 is 2.50 bits per heavy atom. The molecule has 1 heterocycles. The van der Waals surface area contributed by atoms with Crippen molar-refractivity contribution in [2.24, 2.45) is 0 Å². The zero-order valence-electron chi connectivity index (χ0n) is 16.2. The maximum Gasteiger partial charge on any atom is 0.287 e. The Labute approximate surface area is 179 Å². The van der Waals surface area contributed by atoms with Crippen LogP contribution in [0.25, 0.3) is 0 Å². The molecule has 1 aliphatic heterocycles. The highest BCUT2D eigenvalue weighted by Crippen LogP contribution is 2.44. The number of hydrogen-bond donors (Lipinski definition) is 2. The van der Waals surface area contributed by atoms with Gasteiger partial charge in [0, 0.05) is 17.7 Å². The summed E-state index contributed by atoms with van der Waals surface area (Å²) in [5.74, 6) is 5.58. The Kier molecular flexibility index (Phi) is 6.39. The second-order valence-corrected chi connectivity index (χ2v) is 10.3. The molecule has 0 saturated carbocycles. The molecular weight excluding hydrogens is 424 g/mol. The van der Waals surface area contributed by atoms with Gasteiger partial charge >= 0.3 is 0 Å². The number of benzene rings is 2. The third kappa shape index (κ3) is 4.30. The summed E-state index contributed by atoms with van der Waals surface area (Å²) in [5.41, 5.74) is 7.07. The number of amides is 2. The first kappa shape index (κ1) is 21.7. The van der Waals surface area contributed by atoms with Gasteiger partial charge in [0.05, 0.1) is 12.0 Å². The van der Waals surface area contributed by atoms with Gasteiger partial charge in [-0.2, -0.15) is 0 Å². The van der Waals surface area contributed by atoms with Crippen LogP contribution < -0.4 is 15.8 Å². The maximum absolute atomic E-state index is 13.3. The minimum Gasteiger partial charge on any atom is -0.497 e. The van der Waals surface area contributed by atoms with Crippen LogP contribution in [0.2, 0.25) is 0 Å². The Morgan fingerprint density at radius 2 is 1.90 bits per heavy atom. The summed E-state index contributed by atoms with van der Waals surface area (Å²) in [7, 11) is -2.68. The third-order valence-corrected chi connectivity index (χ3v) is 8.62. The molecule has 9 heteroatoms. The van der Waals surface area contributed by atoms with E-state index in [-0.39, 0.29) is 11.3 Å². The van der Waals surface area contributed by atoms with E-state index in [1.165, 1.54) is 31.4 Å². The summed E-state index contributed by atoms with van der Waals surface area (Å²) in [6, 6.07) is 12.8. The van der Waals surface area contributed by atoms with Crippen LogP contribution in [-0.4, -0.2) is 30.8 Å². The van der Waals surface area contributed by atoms with Crippen molar-refractivity contribution in [1.82, 2.24) is 5.32 Å². The van der Waals surface area contributed by atoms with E-state index in [0.29, 0.717) is 36.0 Å². The number of unbranched alkanes of at least 4 members (excludes halogenated alkanes) is 1. The predicted molar refractivity (Wildman–Crippen MR) is 116 cm³/mol. The third-order valence-electron chi connectivity index (χ3n) is 4.55. The number of rotatable bonds is 6. The van der Waals surface area contributed by atoms with Crippen molar-refractivity contribution in [2.45, 2.75) is 28.2 Å². The largest absolute Gasteiger partial charge is 0.497 e. The Balaban J connectivity index is 1.81. The van der Waals surface area contributed by atoms with Crippen LogP contribution in [0.1, 0.15) is 24.8 Å². The van der Waals surface area contributed by atoms with Gasteiger partial charge in [0.15, 0.2) is 0 Å². The molecule has 0 aliphatic carbocycles. The van der Waals surface area contributed by atoms with Gasteiger partial charge < -0.3 is 10.5 Å². The topological polar surface area (TPSA) is 116 Å². The highest BCUT2D eigenvalue weighted by molar-refractivity contribution is 8.25. The summed E-state index contributed by atoms with van der Waals surface area (Å²) >= 11 is 0.506. The lowest BCUT2D eigenvalue weighted by molar-refractivity contribution is -0.120. The van der Waals surface area contributed by atoms with Crippen LogP contribution >= 0.6 is 11.8 Å². The smallest absolute Gasteiger partial charge is 0.287 e. The van der Waals surface area contributed by atoms with E-state index in [1.807, 2.05) is 6.07 Å². The number of sulfone groups is 1. The molecule has 30 heavy (non-hydrogen) atoms. The van der Waals surface area contributed by atoms with Gasteiger partial charge in [0.2, 0.25) is 13.9 Å². The molecule has 1 fully saturated rings. The van der Waals surface area contributed by atoms with Crippen molar-refractivity contribution in [1.29, 1.82) is 0 Å². The molecule has 3 rings (SSSR count). The number of nitrogen functional groups attached to an aromatic ring is 1. The van der Waals surface area contributed by atoms with Gasteiger partial charge in [-0.15, -0.1) is 0 Å². The molecule has 7 nitrogen and oxygen atoms in total. The summed E-state index contributed by atoms with van der Waals surface area (Å²) in [5, 5.41) is 1.43. The molecule has 1 unspecified atom stereocenters. The van der Waals surface area contributed by atoms with E-state index in [4.69, 9.17) is 10.5 Å². The Hall–Kier alpha value is -2.96. The molecular formula is C21H20N2O5S2. The van der Waals surface area contributed by atoms with Crippen molar-refractivity contribution in [3.63, 3.8) is 0 Å². The van der Waals surface area contributed by atoms with Crippen molar-refractivity contribution >= 4 is 38.4 Å². The van der Waals surface area contributed by atoms with E-state index in [9.17, 15) is 18.0 Å². The first-order valence-corrected chi connectivity index (χ1v) is 11.4. The lowest BCUT2D eigenvalue weighted by Gasteiger charge is -2.24. The Morgan fingerprint density at radius 1 is 1.17 bits per heavy atom. The number of methoxy groups -OCH3 is 1. The van der Waals surface area contributed by atoms with Crippen LogP contribution in [0.5, 0.6) is 5.75 Å². The first-order chi connectivity index (χ1) is 14.3. The SMILES string of the molecule is COc1ccc(S(=O)(=O)C2(CCCC#Cc3cccc(N)c3)SC(=O)NC2=O)cc1. The van der Waals surface area contributed by atoms with Gasteiger partial charge in [0.1, 0.15) is 5.75 Å². The standard InChI is InChI=1S/C21H20N2O5S2/c1-28-17-9-11-18(12-10-17)30(26,27)21(19(24)23-20(25)29-21)13-4-2-3-6-15-7-5-8-16(22)14-15/h5,7-12,14H,2,4,13,22H2,1H3,(H,23,24,25). The summed E-state index contributed by atoms with van der Waals surface area (Å²) in [6.45, 7) is 0. The van der Waals surface area contributed by atoms with Crippen LogP contribution in [0, 0.1) is 11.8 Å². The van der Waals surface area contributed by atoms with Crippen LogP contribution in [0.15, 0.2) is 53.4 Å². The second-order valence-electron chi connectivity index (χ2n) is 6.56. The second kappa shape index (κ2) is 8.81. The molecule has 156 valence electrons. The zero-order chi connectivity index (χ0) is 21.8. The van der Waals surface area contributed by atoms with E-state index in [0.717, 1.165) is 5.56 Å². The molecule has 2 aromatic carbocycles. The lowest BCUT2D eigenvalue weighted by atomic mass is 10.1. The van der Waals surface area contributed by atoms with E-state index in [2.05, 4.69) is 17.2 Å². The number of imide groups is 1. The summed E-state index contributed by atoms with van der Waals surface area (Å²) in [4.78, 5) is 24.4. The van der Waals surface area contributed by atoms with E-state index < -0.39 is 25.1 Å². The molecule has 0 radical (unpaired) electrons. The van der Waals surface area contributed by atoms with Gasteiger partial charge in [-0.1, -0.05) is 17.9 Å². The van der Waals surface area contributed by atoms with Gasteiger partial charge in [-0.05, 0) is 67.1 Å². The molecule has 1 atom stereocenters. The summed E-state index contributed by atoms with van der Waals surface area (Å²) < 4.78 is 29.8. The number of nitrogens with one attached hydrogen (secondary N) is 1. The molecule has 0 spiro atoms. The monoisotopic (exact) mass is 444 g/mol. The molecule has 2 amide bonds. The highest BCUT2D eigenvalue weighted by Gasteiger charge is 2.57. The van der Waals surface area contributed by atoms with Gasteiger partial charge in [0.25, 0.3) is 11.1 Å². The first-order valence-electron chi connectivity index (χ1n) is 9.06. The van der Waals surface area contributed by atoms with Crippen LogP contribution in [0.4, 0.5) is 10.5 Å². The number of anilines is 1. The fourth-order valence-electron chi connectivity index (χ4n) is 3.02. The fraction of sp³-hybridized carbons (Fsp3) is 0.238. The Bertz CT molecular complexity index is 1130. The molecule has 2 aromatic rings. The number of ether oxygens (including phenoxy) is 1. The number of carbonyl (C=O) groups is 2. The lowest BCUT2D eigenvalue weighted by Crippen LogP contribution is -2.43. The molecule has 3 N–H and O–H groups in total. The van der Waals surface area contributed by atoms with Crippen LogP contribution in [0.3, 0.4) is 0 Å². The van der Waals surface area contributed by atoms with Crippen LogP contribution in [-0.2, 0) is 14.6 Å². The number of hydrogen-bond acceptors (Lipinski definition) is 7. The minimum atomic E-state index is -4.14. The van der Waals surface area contributed by atoms with Crippen molar-refractivity contribution in [2.75, 3.05) is 12.8 Å². The van der Waals surface area contributed by atoms with Gasteiger partial charge in [-0.3, -0.25) is 14.9 Å². The number of thioether (sulfide) groups is 1.